The molecule has 1 aromatic carbocycles. The quantitative estimate of drug-likeness (QED) is 0.572. The van der Waals surface area contributed by atoms with E-state index in [1.807, 2.05) is 0 Å². The molecule has 0 saturated carbocycles. The summed E-state index contributed by atoms with van der Waals surface area (Å²) in [5.41, 5.74) is 1.42. The van der Waals surface area contributed by atoms with Gasteiger partial charge in [0.1, 0.15) is 0 Å². The predicted octanol–water partition coefficient (Wildman–Crippen LogP) is 2.07. The third-order valence-electron chi connectivity index (χ3n) is 1.33. The van der Waals surface area contributed by atoms with E-state index >= 15 is 0 Å². The molecule has 0 unspecified atom stereocenters. The van der Waals surface area contributed by atoms with Crippen LogP contribution in [0.25, 0.3) is 0 Å². The lowest BCUT2D eigenvalue weighted by atomic mass is 10.3. The molecule has 0 aliphatic carbocycles. The van der Waals surface area contributed by atoms with E-state index in [4.69, 9.17) is 0 Å². The maximum Gasteiger partial charge on any atom is -0.0145 e. The Morgan fingerprint density at radius 3 is 2.70 bits per heavy atom. The molecule has 56 valence electrons. The highest BCUT2D eigenvalue weighted by Gasteiger charge is 1.90. The SMILES string of the molecule is CN(C)Cc1cc[cH-]c1I. The molecule has 1 rings (SSSR count). The van der Waals surface area contributed by atoms with Crippen LogP contribution >= 0.6 is 22.6 Å². The lowest BCUT2D eigenvalue weighted by Gasteiger charge is -2.13. The van der Waals surface area contributed by atoms with Crippen molar-refractivity contribution in [3.05, 3.63) is 27.3 Å². The number of hydrogen-bond donors (Lipinski definition) is 0. The highest BCUT2D eigenvalue weighted by atomic mass is 127. The Kier molecular flexibility index (Phi) is 2.80. The number of hydrogen-bond acceptors (Lipinski definition) is 1. The first-order valence-electron chi connectivity index (χ1n) is 3.25. The van der Waals surface area contributed by atoms with Crippen molar-refractivity contribution in [3.8, 4) is 0 Å². The summed E-state index contributed by atoms with van der Waals surface area (Å²) in [6, 6.07) is 6.40. The number of halogens is 1. The van der Waals surface area contributed by atoms with Crippen molar-refractivity contribution in [1.29, 1.82) is 0 Å². The van der Waals surface area contributed by atoms with Gasteiger partial charge < -0.3 is 4.90 Å². The molecule has 0 radical (unpaired) electrons. The third kappa shape index (κ3) is 2.02. The molecule has 0 aliphatic rings. The minimum absolute atomic E-state index is 1.05. The standard InChI is InChI=1S/C8H11IN/c1-10(2)6-7-4-3-5-8(7)9/h3-5H,6H2,1-2H3/q-1. The fraction of sp³-hybridized carbons (Fsp3) is 0.375. The van der Waals surface area contributed by atoms with E-state index in [9.17, 15) is 0 Å². The Morgan fingerprint density at radius 1 is 1.60 bits per heavy atom. The second-order valence-electron chi connectivity index (χ2n) is 2.64. The summed E-state index contributed by atoms with van der Waals surface area (Å²) in [5, 5.41) is 0. The molecule has 0 bridgehead atoms. The first-order chi connectivity index (χ1) is 4.70. The van der Waals surface area contributed by atoms with Crippen LogP contribution in [0.3, 0.4) is 0 Å². The van der Waals surface area contributed by atoms with Crippen molar-refractivity contribution in [1.82, 2.24) is 4.90 Å². The van der Waals surface area contributed by atoms with Crippen LogP contribution in [0.2, 0.25) is 0 Å². The Labute approximate surface area is 75.5 Å². The summed E-state index contributed by atoms with van der Waals surface area (Å²) in [7, 11) is 4.17. The van der Waals surface area contributed by atoms with Gasteiger partial charge in [-0.05, 0) is 20.6 Å². The highest BCUT2D eigenvalue weighted by molar-refractivity contribution is 14.1. The first-order valence-corrected chi connectivity index (χ1v) is 4.33. The van der Waals surface area contributed by atoms with Crippen LogP contribution in [0, 0.1) is 3.57 Å². The predicted molar refractivity (Wildman–Crippen MR) is 52.1 cm³/mol. The zero-order valence-electron chi connectivity index (χ0n) is 6.26. The van der Waals surface area contributed by atoms with Gasteiger partial charge in [0.05, 0.1) is 0 Å². The molecule has 0 aliphatic heterocycles. The van der Waals surface area contributed by atoms with Crippen LogP contribution in [0.5, 0.6) is 0 Å². The lowest BCUT2D eigenvalue weighted by Crippen LogP contribution is -2.10. The Bertz CT molecular complexity index is 203. The van der Waals surface area contributed by atoms with Gasteiger partial charge in [0.25, 0.3) is 0 Å². The molecule has 2 heteroatoms. The van der Waals surface area contributed by atoms with Crippen molar-refractivity contribution in [2.75, 3.05) is 14.1 Å². The number of rotatable bonds is 2. The van der Waals surface area contributed by atoms with Gasteiger partial charge in [-0.1, -0.05) is 22.6 Å². The minimum Gasteiger partial charge on any atom is -0.317 e. The molecular weight excluding hydrogens is 237 g/mol. The summed E-state index contributed by atoms with van der Waals surface area (Å²) in [6.45, 7) is 1.05. The molecular formula is C8H11IN-. The van der Waals surface area contributed by atoms with Crippen LogP contribution in [0.4, 0.5) is 0 Å². The molecule has 0 heterocycles. The van der Waals surface area contributed by atoms with Crippen LogP contribution in [0.15, 0.2) is 18.2 Å². The monoisotopic (exact) mass is 248 g/mol. The Hall–Kier alpha value is 0.0400. The molecule has 0 amide bonds. The summed E-state index contributed by atoms with van der Waals surface area (Å²) in [6.07, 6.45) is 0. The zero-order chi connectivity index (χ0) is 7.56. The third-order valence-corrected chi connectivity index (χ3v) is 2.39. The van der Waals surface area contributed by atoms with Gasteiger partial charge in [0.2, 0.25) is 0 Å². The summed E-state index contributed by atoms with van der Waals surface area (Å²) < 4.78 is 1.37. The highest BCUT2D eigenvalue weighted by Crippen LogP contribution is 2.13. The van der Waals surface area contributed by atoms with E-state index in [1.54, 1.807) is 0 Å². The molecule has 0 N–H and O–H groups in total. The average molecular weight is 248 g/mol. The molecule has 0 saturated heterocycles. The first kappa shape index (κ1) is 8.14. The van der Waals surface area contributed by atoms with Gasteiger partial charge in [0, 0.05) is 0 Å². The zero-order valence-corrected chi connectivity index (χ0v) is 8.42. The van der Waals surface area contributed by atoms with E-state index in [2.05, 4.69) is 59.8 Å². The number of nitrogens with zero attached hydrogens (tertiary/aromatic N) is 1. The second-order valence-corrected chi connectivity index (χ2v) is 3.80. The van der Waals surface area contributed by atoms with E-state index in [-0.39, 0.29) is 0 Å². The van der Waals surface area contributed by atoms with Crippen molar-refractivity contribution in [3.63, 3.8) is 0 Å². The van der Waals surface area contributed by atoms with Crippen molar-refractivity contribution in [2.24, 2.45) is 0 Å². The summed E-state index contributed by atoms with van der Waals surface area (Å²) in [5.74, 6) is 0. The normalized spacial score (nSPS) is 10.8. The van der Waals surface area contributed by atoms with E-state index in [1.165, 1.54) is 9.13 Å². The smallest absolute Gasteiger partial charge is 0.0145 e. The Balaban J connectivity index is 2.65. The fourth-order valence-electron chi connectivity index (χ4n) is 0.904. The van der Waals surface area contributed by atoms with Gasteiger partial charge in [-0.25, -0.2) is 6.07 Å². The van der Waals surface area contributed by atoms with Gasteiger partial charge in [-0.2, -0.15) is 17.7 Å². The van der Waals surface area contributed by atoms with E-state index < -0.39 is 0 Å². The van der Waals surface area contributed by atoms with Gasteiger partial charge in [-0.3, -0.25) is 0 Å². The molecule has 1 nitrogen and oxygen atoms in total. The van der Waals surface area contributed by atoms with Crippen molar-refractivity contribution in [2.45, 2.75) is 6.54 Å². The van der Waals surface area contributed by atoms with Crippen molar-refractivity contribution >= 4 is 22.6 Å². The van der Waals surface area contributed by atoms with Gasteiger partial charge in [0.15, 0.2) is 0 Å². The van der Waals surface area contributed by atoms with Gasteiger partial charge >= 0.3 is 0 Å². The maximum absolute atomic E-state index is 2.36. The van der Waals surface area contributed by atoms with Crippen LogP contribution < -0.4 is 0 Å². The lowest BCUT2D eigenvalue weighted by molar-refractivity contribution is 0.402. The molecule has 0 spiro atoms. The maximum atomic E-state index is 2.36. The largest absolute Gasteiger partial charge is 0.317 e. The van der Waals surface area contributed by atoms with Crippen LogP contribution in [-0.2, 0) is 6.54 Å². The molecule has 1 aromatic rings. The van der Waals surface area contributed by atoms with E-state index in [0.29, 0.717) is 0 Å². The fourth-order valence-corrected chi connectivity index (χ4v) is 1.46. The molecule has 0 atom stereocenters. The van der Waals surface area contributed by atoms with Crippen LogP contribution in [0.1, 0.15) is 5.56 Å². The van der Waals surface area contributed by atoms with E-state index in [0.717, 1.165) is 6.54 Å². The summed E-state index contributed by atoms with van der Waals surface area (Å²) in [4.78, 5) is 2.18. The van der Waals surface area contributed by atoms with Crippen molar-refractivity contribution < 1.29 is 0 Å². The topological polar surface area (TPSA) is 3.24 Å². The van der Waals surface area contributed by atoms with Gasteiger partial charge in [-0.15, -0.1) is 3.57 Å². The Morgan fingerprint density at radius 2 is 2.30 bits per heavy atom. The summed E-state index contributed by atoms with van der Waals surface area (Å²) >= 11 is 2.36. The molecule has 0 fully saturated rings. The van der Waals surface area contributed by atoms with Crippen LogP contribution in [-0.4, -0.2) is 19.0 Å². The average Bonchev–Trinajstić information content (AvgIpc) is 2.15. The second kappa shape index (κ2) is 3.44. The molecule has 10 heavy (non-hydrogen) atoms. The molecule has 0 aromatic heterocycles. The minimum atomic E-state index is 1.05.